The van der Waals surface area contributed by atoms with Gasteiger partial charge in [-0.05, 0) is 30.7 Å². The Kier molecular flexibility index (Phi) is 4.43. The Balaban J connectivity index is 1.72. The zero-order valence-corrected chi connectivity index (χ0v) is 13.2. The number of hydrogen-bond donors (Lipinski definition) is 1. The van der Waals surface area contributed by atoms with E-state index in [-0.39, 0.29) is 18.1 Å². The molecule has 3 rings (SSSR count). The average Bonchev–Trinajstić information content (AvgIpc) is 2.88. The highest BCUT2D eigenvalue weighted by Crippen LogP contribution is 2.32. The SMILES string of the molecule is Cc1nc(NC(=O)Cc2cccc(F)c2)sc1-c1cccnc1. The molecule has 3 aromatic rings. The summed E-state index contributed by atoms with van der Waals surface area (Å²) in [6.45, 7) is 1.89. The van der Waals surface area contributed by atoms with Crippen molar-refractivity contribution in [3.05, 3.63) is 65.9 Å². The summed E-state index contributed by atoms with van der Waals surface area (Å²) in [5.41, 5.74) is 2.43. The Morgan fingerprint density at radius 1 is 1.30 bits per heavy atom. The lowest BCUT2D eigenvalue weighted by Gasteiger charge is -2.02. The van der Waals surface area contributed by atoms with Gasteiger partial charge >= 0.3 is 0 Å². The molecule has 6 heteroatoms. The van der Waals surface area contributed by atoms with Gasteiger partial charge in [-0.1, -0.05) is 29.5 Å². The number of rotatable bonds is 4. The molecule has 0 fully saturated rings. The van der Waals surface area contributed by atoms with Gasteiger partial charge in [0, 0.05) is 18.0 Å². The van der Waals surface area contributed by atoms with Crippen molar-refractivity contribution in [3.63, 3.8) is 0 Å². The number of nitrogens with one attached hydrogen (secondary N) is 1. The number of pyridine rings is 1. The third-order valence-corrected chi connectivity index (χ3v) is 4.34. The summed E-state index contributed by atoms with van der Waals surface area (Å²) < 4.78 is 13.1. The minimum Gasteiger partial charge on any atom is -0.302 e. The Morgan fingerprint density at radius 2 is 2.17 bits per heavy atom. The normalized spacial score (nSPS) is 10.5. The van der Waals surface area contributed by atoms with Gasteiger partial charge in [0.25, 0.3) is 0 Å². The van der Waals surface area contributed by atoms with Crippen molar-refractivity contribution in [3.8, 4) is 10.4 Å². The standard InChI is InChI=1S/C17H14FN3OS/c1-11-16(13-5-3-7-19-10-13)23-17(20-11)21-15(22)9-12-4-2-6-14(18)8-12/h2-8,10H,9H2,1H3,(H,20,21,22). The van der Waals surface area contributed by atoms with E-state index in [1.54, 1.807) is 24.5 Å². The summed E-state index contributed by atoms with van der Waals surface area (Å²) in [6, 6.07) is 9.82. The maximum absolute atomic E-state index is 13.1. The summed E-state index contributed by atoms with van der Waals surface area (Å²) >= 11 is 1.40. The van der Waals surface area contributed by atoms with Crippen LogP contribution in [0.5, 0.6) is 0 Å². The van der Waals surface area contributed by atoms with Crippen LogP contribution in [0.2, 0.25) is 0 Å². The minimum atomic E-state index is -0.348. The van der Waals surface area contributed by atoms with Crippen LogP contribution < -0.4 is 5.32 Å². The first kappa shape index (κ1) is 15.3. The fourth-order valence-corrected chi connectivity index (χ4v) is 3.18. The van der Waals surface area contributed by atoms with Crippen LogP contribution >= 0.6 is 11.3 Å². The predicted octanol–water partition coefficient (Wildman–Crippen LogP) is 3.83. The second-order valence-corrected chi connectivity index (χ2v) is 6.03. The molecule has 0 radical (unpaired) electrons. The molecule has 1 aromatic carbocycles. The number of aryl methyl sites for hydroxylation is 1. The topological polar surface area (TPSA) is 54.9 Å². The Hall–Kier alpha value is -2.60. The van der Waals surface area contributed by atoms with Gasteiger partial charge in [0.05, 0.1) is 17.0 Å². The molecule has 0 aliphatic rings. The van der Waals surface area contributed by atoms with Gasteiger partial charge in [0.1, 0.15) is 5.82 Å². The van der Waals surface area contributed by atoms with Crippen LogP contribution in [-0.2, 0) is 11.2 Å². The Morgan fingerprint density at radius 3 is 2.91 bits per heavy atom. The zero-order chi connectivity index (χ0) is 16.2. The number of amides is 1. The molecular formula is C17H14FN3OS. The summed E-state index contributed by atoms with van der Waals surface area (Å²) in [4.78, 5) is 21.5. The molecule has 0 aliphatic carbocycles. The van der Waals surface area contributed by atoms with Gasteiger partial charge in [-0.25, -0.2) is 9.37 Å². The van der Waals surface area contributed by atoms with E-state index >= 15 is 0 Å². The van der Waals surface area contributed by atoms with Crippen LogP contribution in [-0.4, -0.2) is 15.9 Å². The third kappa shape index (κ3) is 3.78. The number of nitrogens with zero attached hydrogens (tertiary/aromatic N) is 2. The summed E-state index contributed by atoms with van der Waals surface area (Å²) in [6.07, 6.45) is 3.58. The van der Waals surface area contributed by atoms with Crippen molar-refractivity contribution in [1.29, 1.82) is 0 Å². The molecule has 0 bridgehead atoms. The molecule has 23 heavy (non-hydrogen) atoms. The molecule has 0 spiro atoms. The predicted molar refractivity (Wildman–Crippen MR) is 88.8 cm³/mol. The maximum Gasteiger partial charge on any atom is 0.230 e. The lowest BCUT2D eigenvalue weighted by Crippen LogP contribution is -2.14. The van der Waals surface area contributed by atoms with Gasteiger partial charge in [0.2, 0.25) is 5.91 Å². The van der Waals surface area contributed by atoms with Crippen LogP contribution in [0.15, 0.2) is 48.8 Å². The number of anilines is 1. The van der Waals surface area contributed by atoms with E-state index in [9.17, 15) is 9.18 Å². The number of carbonyl (C=O) groups is 1. The van der Waals surface area contributed by atoms with E-state index in [0.29, 0.717) is 10.7 Å². The van der Waals surface area contributed by atoms with Gasteiger partial charge in [-0.2, -0.15) is 0 Å². The molecule has 0 atom stereocenters. The van der Waals surface area contributed by atoms with Crippen molar-refractivity contribution >= 4 is 22.4 Å². The van der Waals surface area contributed by atoms with Crippen molar-refractivity contribution in [2.24, 2.45) is 0 Å². The number of thiazole rings is 1. The van der Waals surface area contributed by atoms with E-state index in [4.69, 9.17) is 0 Å². The largest absolute Gasteiger partial charge is 0.302 e. The second kappa shape index (κ2) is 6.66. The van der Waals surface area contributed by atoms with Crippen molar-refractivity contribution in [2.45, 2.75) is 13.3 Å². The summed E-state index contributed by atoms with van der Waals surface area (Å²) in [7, 11) is 0. The molecule has 1 N–H and O–H groups in total. The monoisotopic (exact) mass is 327 g/mol. The van der Waals surface area contributed by atoms with E-state index in [0.717, 1.165) is 16.1 Å². The molecule has 0 saturated heterocycles. The molecule has 2 heterocycles. The van der Waals surface area contributed by atoms with Gasteiger partial charge < -0.3 is 5.32 Å². The van der Waals surface area contributed by atoms with Crippen LogP contribution in [0, 0.1) is 12.7 Å². The molecule has 4 nitrogen and oxygen atoms in total. The van der Waals surface area contributed by atoms with Crippen LogP contribution in [0.25, 0.3) is 10.4 Å². The number of aromatic nitrogens is 2. The molecule has 1 amide bonds. The molecule has 2 aromatic heterocycles. The van der Waals surface area contributed by atoms with Gasteiger partial charge in [0.15, 0.2) is 5.13 Å². The molecule has 0 saturated carbocycles. The fraction of sp³-hybridized carbons (Fsp3) is 0.118. The average molecular weight is 327 g/mol. The number of benzene rings is 1. The molecule has 0 aliphatic heterocycles. The van der Waals surface area contributed by atoms with Crippen molar-refractivity contribution in [1.82, 2.24) is 9.97 Å². The fourth-order valence-electron chi connectivity index (χ4n) is 2.21. The first-order valence-electron chi connectivity index (χ1n) is 7.04. The lowest BCUT2D eigenvalue weighted by molar-refractivity contribution is -0.115. The van der Waals surface area contributed by atoms with Crippen LogP contribution in [0.1, 0.15) is 11.3 Å². The molecule has 0 unspecified atom stereocenters. The quantitative estimate of drug-likeness (QED) is 0.792. The van der Waals surface area contributed by atoms with Crippen LogP contribution in [0.4, 0.5) is 9.52 Å². The van der Waals surface area contributed by atoms with Gasteiger partial charge in [-0.15, -0.1) is 0 Å². The third-order valence-electron chi connectivity index (χ3n) is 3.22. The Labute approximate surface area is 137 Å². The van der Waals surface area contributed by atoms with E-state index < -0.39 is 0 Å². The van der Waals surface area contributed by atoms with Crippen molar-refractivity contribution in [2.75, 3.05) is 5.32 Å². The van der Waals surface area contributed by atoms with Crippen molar-refractivity contribution < 1.29 is 9.18 Å². The molecule has 116 valence electrons. The highest BCUT2D eigenvalue weighted by Gasteiger charge is 2.12. The number of halogens is 1. The highest BCUT2D eigenvalue weighted by molar-refractivity contribution is 7.19. The zero-order valence-electron chi connectivity index (χ0n) is 12.4. The maximum atomic E-state index is 13.1. The lowest BCUT2D eigenvalue weighted by atomic mass is 10.1. The first-order chi connectivity index (χ1) is 11.1. The smallest absolute Gasteiger partial charge is 0.230 e. The Bertz CT molecular complexity index is 833. The summed E-state index contributed by atoms with van der Waals surface area (Å²) in [5, 5.41) is 3.30. The van der Waals surface area contributed by atoms with Crippen LogP contribution in [0.3, 0.4) is 0 Å². The number of hydrogen-bond acceptors (Lipinski definition) is 4. The summed E-state index contributed by atoms with van der Waals surface area (Å²) in [5.74, 6) is -0.568. The van der Waals surface area contributed by atoms with E-state index in [1.165, 1.54) is 23.5 Å². The minimum absolute atomic E-state index is 0.110. The van der Waals surface area contributed by atoms with E-state index in [2.05, 4.69) is 15.3 Å². The van der Waals surface area contributed by atoms with E-state index in [1.807, 2.05) is 19.1 Å². The first-order valence-corrected chi connectivity index (χ1v) is 7.85. The number of carbonyl (C=O) groups excluding carboxylic acids is 1. The second-order valence-electron chi connectivity index (χ2n) is 5.03. The molecular weight excluding hydrogens is 313 g/mol. The highest BCUT2D eigenvalue weighted by atomic mass is 32.1. The van der Waals surface area contributed by atoms with Gasteiger partial charge in [-0.3, -0.25) is 9.78 Å².